The Labute approximate surface area is 160 Å². The Balaban J connectivity index is 1.59. The van der Waals surface area contributed by atoms with Gasteiger partial charge in [0.05, 0.1) is 6.04 Å². The van der Waals surface area contributed by atoms with Crippen LogP contribution in [0.15, 0.2) is 47.0 Å². The molecule has 0 aromatic heterocycles. The van der Waals surface area contributed by atoms with E-state index in [9.17, 15) is 4.79 Å². The van der Waals surface area contributed by atoms with Crippen molar-refractivity contribution < 1.29 is 14.3 Å². The number of Topliss-reactive ketones (excluding diaryl/α,β-unsaturated/α-hetero) is 1. The van der Waals surface area contributed by atoms with E-state index in [0.29, 0.717) is 11.8 Å². The summed E-state index contributed by atoms with van der Waals surface area (Å²) < 4.78 is 12.1. The molecule has 1 aliphatic carbocycles. The van der Waals surface area contributed by atoms with Gasteiger partial charge in [-0.25, -0.2) is 0 Å². The van der Waals surface area contributed by atoms with Gasteiger partial charge in [0.25, 0.3) is 0 Å². The van der Waals surface area contributed by atoms with E-state index in [-0.39, 0.29) is 18.6 Å². The summed E-state index contributed by atoms with van der Waals surface area (Å²) >= 11 is 3.71. The highest BCUT2D eigenvalue weighted by atomic mass is 79.9. The minimum atomic E-state index is 0.104. The van der Waals surface area contributed by atoms with E-state index in [2.05, 4.69) is 39.5 Å². The van der Waals surface area contributed by atoms with Gasteiger partial charge in [0.2, 0.25) is 6.79 Å². The molecule has 5 rings (SSSR count). The van der Waals surface area contributed by atoms with Crippen molar-refractivity contribution in [3.63, 3.8) is 0 Å². The van der Waals surface area contributed by atoms with Crippen molar-refractivity contribution >= 4 is 27.4 Å². The third-order valence-electron chi connectivity index (χ3n) is 5.60. The molecule has 2 aliphatic heterocycles. The molecule has 0 fully saturated rings. The smallest absolute Gasteiger partial charge is 0.231 e. The number of hydrogen-bond acceptors (Lipinski definition) is 4. The lowest BCUT2D eigenvalue weighted by atomic mass is 9.76. The number of allylic oxidation sites excluding steroid dienone is 2. The second kappa shape index (κ2) is 5.88. The van der Waals surface area contributed by atoms with Crippen molar-refractivity contribution in [2.24, 2.45) is 5.92 Å². The summed E-state index contributed by atoms with van der Waals surface area (Å²) in [6.07, 6.45) is 5.54. The summed E-state index contributed by atoms with van der Waals surface area (Å²) in [7, 11) is 0. The molecule has 0 radical (unpaired) electrons. The predicted octanol–water partition coefficient (Wildman–Crippen LogP) is 5.21. The molecule has 0 saturated heterocycles. The number of benzene rings is 2. The van der Waals surface area contributed by atoms with E-state index in [0.717, 1.165) is 33.6 Å². The third-order valence-corrected chi connectivity index (χ3v) is 6.28. The summed E-state index contributed by atoms with van der Waals surface area (Å²) in [5.74, 6) is 2.40. The van der Waals surface area contributed by atoms with Crippen molar-refractivity contribution in [3.8, 4) is 11.5 Å². The Morgan fingerprint density at radius 1 is 1.15 bits per heavy atom. The molecule has 5 heteroatoms. The predicted molar refractivity (Wildman–Crippen MR) is 103 cm³/mol. The van der Waals surface area contributed by atoms with Crippen LogP contribution in [0.4, 0.5) is 5.69 Å². The number of rotatable bonds is 2. The average Bonchev–Trinajstić information content (AvgIpc) is 3.29. The first-order valence-corrected chi connectivity index (χ1v) is 9.58. The summed E-state index contributed by atoms with van der Waals surface area (Å²) in [5, 5.41) is 3.71. The molecule has 3 aliphatic rings. The maximum absolute atomic E-state index is 11.8. The van der Waals surface area contributed by atoms with Crippen molar-refractivity contribution in [2.45, 2.75) is 25.3 Å². The van der Waals surface area contributed by atoms with Crippen LogP contribution in [0.5, 0.6) is 11.5 Å². The van der Waals surface area contributed by atoms with E-state index in [1.54, 1.807) is 6.92 Å². The number of nitrogens with one attached hydrogen (secondary N) is 1. The van der Waals surface area contributed by atoms with Crippen LogP contribution in [-0.4, -0.2) is 12.6 Å². The van der Waals surface area contributed by atoms with Gasteiger partial charge in [0.15, 0.2) is 17.3 Å². The summed E-state index contributed by atoms with van der Waals surface area (Å²) in [4.78, 5) is 11.8. The van der Waals surface area contributed by atoms with E-state index >= 15 is 0 Å². The fourth-order valence-electron chi connectivity index (χ4n) is 4.29. The molecule has 0 bridgehead atoms. The summed E-state index contributed by atoms with van der Waals surface area (Å²) in [6, 6.07) is 10.2. The Kier molecular flexibility index (Phi) is 3.60. The SMILES string of the molecule is CC(=O)c1ccc2c(c1)[C@H]1C=CC[C@H]1[C@@H](c1cc3c(cc1Br)OCO3)N2. The van der Waals surface area contributed by atoms with Crippen LogP contribution < -0.4 is 14.8 Å². The van der Waals surface area contributed by atoms with Gasteiger partial charge in [-0.1, -0.05) is 28.1 Å². The Bertz CT molecular complexity index is 953. The van der Waals surface area contributed by atoms with E-state index < -0.39 is 0 Å². The van der Waals surface area contributed by atoms with Crippen molar-refractivity contribution in [1.29, 1.82) is 0 Å². The highest BCUT2D eigenvalue weighted by Gasteiger charge is 2.39. The quantitative estimate of drug-likeness (QED) is 0.544. The molecule has 2 heterocycles. The van der Waals surface area contributed by atoms with Crippen LogP contribution in [0.2, 0.25) is 0 Å². The van der Waals surface area contributed by atoms with Gasteiger partial charge in [-0.2, -0.15) is 0 Å². The molecule has 0 saturated carbocycles. The van der Waals surface area contributed by atoms with Crippen LogP contribution in [0.1, 0.15) is 46.8 Å². The number of halogens is 1. The molecule has 2 aromatic rings. The van der Waals surface area contributed by atoms with Crippen LogP contribution in [0.25, 0.3) is 0 Å². The first-order valence-electron chi connectivity index (χ1n) is 8.79. The van der Waals surface area contributed by atoms with Crippen LogP contribution >= 0.6 is 15.9 Å². The fourth-order valence-corrected chi connectivity index (χ4v) is 4.86. The monoisotopic (exact) mass is 411 g/mol. The Morgan fingerprint density at radius 2 is 1.96 bits per heavy atom. The molecule has 2 aromatic carbocycles. The standard InChI is InChI=1S/C21H18BrNO3/c1-11(24)12-5-6-18-15(7-12)13-3-2-4-14(13)21(23-18)16-8-19-20(9-17(16)22)26-10-25-19/h2-3,5-9,13-14,21,23H,4,10H2,1H3/t13-,14+,21-/m0/s1. The summed E-state index contributed by atoms with van der Waals surface area (Å²) in [5.41, 5.74) is 4.25. The second-order valence-corrected chi connectivity index (χ2v) is 7.92. The molecular weight excluding hydrogens is 394 g/mol. The Hall–Kier alpha value is -2.27. The zero-order valence-electron chi connectivity index (χ0n) is 14.3. The lowest BCUT2D eigenvalue weighted by Gasteiger charge is -2.38. The van der Waals surface area contributed by atoms with Crippen molar-refractivity contribution in [1.82, 2.24) is 0 Å². The van der Waals surface area contributed by atoms with Gasteiger partial charge in [-0.05, 0) is 60.7 Å². The second-order valence-electron chi connectivity index (χ2n) is 7.06. The zero-order chi connectivity index (χ0) is 17.8. The number of fused-ring (bicyclic) bond motifs is 4. The number of anilines is 1. The minimum Gasteiger partial charge on any atom is -0.454 e. The van der Waals surface area contributed by atoms with Gasteiger partial charge in [-0.3, -0.25) is 4.79 Å². The first kappa shape index (κ1) is 15.9. The molecule has 26 heavy (non-hydrogen) atoms. The van der Waals surface area contributed by atoms with Gasteiger partial charge >= 0.3 is 0 Å². The number of ketones is 1. The zero-order valence-corrected chi connectivity index (χ0v) is 15.9. The molecule has 0 unspecified atom stereocenters. The normalized spacial score (nSPS) is 24.8. The van der Waals surface area contributed by atoms with Crippen molar-refractivity contribution in [2.75, 3.05) is 12.1 Å². The van der Waals surface area contributed by atoms with Gasteiger partial charge in [0.1, 0.15) is 0 Å². The highest BCUT2D eigenvalue weighted by molar-refractivity contribution is 9.10. The molecular formula is C21H18BrNO3. The topological polar surface area (TPSA) is 47.6 Å². The molecule has 4 nitrogen and oxygen atoms in total. The van der Waals surface area contributed by atoms with Gasteiger partial charge < -0.3 is 14.8 Å². The van der Waals surface area contributed by atoms with Gasteiger partial charge in [0, 0.05) is 21.6 Å². The first-order chi connectivity index (χ1) is 12.6. The van der Waals surface area contributed by atoms with Crippen LogP contribution in [0.3, 0.4) is 0 Å². The van der Waals surface area contributed by atoms with E-state index in [1.807, 2.05) is 24.3 Å². The Morgan fingerprint density at radius 3 is 2.77 bits per heavy atom. The maximum atomic E-state index is 11.8. The van der Waals surface area contributed by atoms with Crippen LogP contribution in [-0.2, 0) is 0 Å². The largest absolute Gasteiger partial charge is 0.454 e. The number of carbonyl (C=O) groups is 1. The third kappa shape index (κ3) is 2.37. The molecule has 1 N–H and O–H groups in total. The summed E-state index contributed by atoms with van der Waals surface area (Å²) in [6.45, 7) is 1.89. The molecule has 3 atom stereocenters. The molecule has 0 amide bonds. The lowest BCUT2D eigenvalue weighted by molar-refractivity contribution is 0.101. The lowest BCUT2D eigenvalue weighted by Crippen LogP contribution is -2.29. The van der Waals surface area contributed by atoms with E-state index in [4.69, 9.17) is 9.47 Å². The maximum Gasteiger partial charge on any atom is 0.231 e. The highest BCUT2D eigenvalue weighted by Crippen LogP contribution is 2.52. The number of carbonyl (C=O) groups excluding carboxylic acids is 1. The molecule has 132 valence electrons. The van der Waals surface area contributed by atoms with Crippen molar-refractivity contribution in [3.05, 3.63) is 63.6 Å². The number of hydrogen-bond donors (Lipinski definition) is 1. The van der Waals surface area contributed by atoms with Crippen LogP contribution in [0, 0.1) is 5.92 Å². The molecule has 0 spiro atoms. The fraction of sp³-hybridized carbons (Fsp3) is 0.286. The van der Waals surface area contributed by atoms with Gasteiger partial charge in [-0.15, -0.1) is 0 Å². The van der Waals surface area contributed by atoms with E-state index in [1.165, 1.54) is 11.1 Å². The number of ether oxygens (including phenoxy) is 2. The minimum absolute atomic E-state index is 0.104. The average molecular weight is 412 g/mol.